The van der Waals surface area contributed by atoms with E-state index in [1.807, 2.05) is 13.8 Å². The Labute approximate surface area is 148 Å². The van der Waals surface area contributed by atoms with Gasteiger partial charge in [-0.15, -0.1) is 0 Å². The molecule has 1 unspecified atom stereocenters. The van der Waals surface area contributed by atoms with E-state index < -0.39 is 5.60 Å². The van der Waals surface area contributed by atoms with E-state index in [0.29, 0.717) is 18.7 Å². The first kappa shape index (κ1) is 17.4. The monoisotopic (exact) mass is 381 g/mol. The molecule has 0 bridgehead atoms. The van der Waals surface area contributed by atoms with Crippen molar-refractivity contribution in [2.45, 2.75) is 63.7 Å². The maximum atomic E-state index is 10.3. The topological polar surface area (TPSA) is 32.7 Å². The zero-order valence-corrected chi connectivity index (χ0v) is 16.0. The van der Waals surface area contributed by atoms with E-state index in [9.17, 15) is 5.11 Å². The Hall–Kier alpha value is -0.420. The van der Waals surface area contributed by atoms with Gasteiger partial charge < -0.3 is 9.84 Å². The van der Waals surface area contributed by atoms with E-state index in [2.05, 4.69) is 52.0 Å². The fourth-order valence-electron chi connectivity index (χ4n) is 3.89. The second kappa shape index (κ2) is 6.47. The summed E-state index contributed by atoms with van der Waals surface area (Å²) in [6, 6.07) is 8.89. The van der Waals surface area contributed by atoms with Gasteiger partial charge in [0.05, 0.1) is 11.2 Å². The van der Waals surface area contributed by atoms with Crippen molar-refractivity contribution in [1.82, 2.24) is 4.90 Å². The zero-order chi connectivity index (χ0) is 16.7. The molecule has 1 saturated heterocycles. The van der Waals surface area contributed by atoms with Gasteiger partial charge in [-0.2, -0.15) is 0 Å². The van der Waals surface area contributed by atoms with Crippen LogP contribution in [0.4, 0.5) is 0 Å². The molecule has 128 valence electrons. The SMILES string of the molecule is C[C@@H](c1ccc(Br)cc1)N1CCC(CC(C)(C)O)(C2CC2)OC1. The summed E-state index contributed by atoms with van der Waals surface area (Å²) in [4.78, 5) is 2.40. The van der Waals surface area contributed by atoms with Gasteiger partial charge in [0.25, 0.3) is 0 Å². The van der Waals surface area contributed by atoms with E-state index in [-0.39, 0.29) is 5.60 Å². The van der Waals surface area contributed by atoms with Gasteiger partial charge in [-0.1, -0.05) is 28.1 Å². The summed E-state index contributed by atoms with van der Waals surface area (Å²) in [7, 11) is 0. The van der Waals surface area contributed by atoms with Crippen LogP contribution in [0.5, 0.6) is 0 Å². The average molecular weight is 382 g/mol. The molecule has 0 amide bonds. The summed E-state index contributed by atoms with van der Waals surface area (Å²) in [6.45, 7) is 7.73. The number of rotatable bonds is 5. The lowest BCUT2D eigenvalue weighted by molar-refractivity contribution is -0.181. The molecule has 23 heavy (non-hydrogen) atoms. The molecule has 1 saturated carbocycles. The summed E-state index contributed by atoms with van der Waals surface area (Å²) in [5, 5.41) is 10.3. The largest absolute Gasteiger partial charge is 0.390 e. The van der Waals surface area contributed by atoms with Crippen LogP contribution in [0.15, 0.2) is 28.7 Å². The predicted octanol–water partition coefficient (Wildman–Crippen LogP) is 4.50. The summed E-state index contributed by atoms with van der Waals surface area (Å²) >= 11 is 3.49. The summed E-state index contributed by atoms with van der Waals surface area (Å²) in [5.41, 5.74) is 0.536. The lowest BCUT2D eigenvalue weighted by Crippen LogP contribution is -2.51. The van der Waals surface area contributed by atoms with Crippen molar-refractivity contribution in [3.8, 4) is 0 Å². The van der Waals surface area contributed by atoms with E-state index in [1.165, 1.54) is 18.4 Å². The Morgan fingerprint density at radius 2 is 2.00 bits per heavy atom. The molecule has 2 fully saturated rings. The number of hydrogen-bond donors (Lipinski definition) is 1. The third kappa shape index (κ3) is 4.16. The molecule has 0 spiro atoms. The van der Waals surface area contributed by atoms with Crippen molar-refractivity contribution in [2.75, 3.05) is 13.3 Å². The van der Waals surface area contributed by atoms with Crippen LogP contribution in [0.3, 0.4) is 0 Å². The maximum Gasteiger partial charge on any atom is 0.100 e. The van der Waals surface area contributed by atoms with E-state index in [1.54, 1.807) is 0 Å². The number of halogens is 1. The molecule has 0 aromatic heterocycles. The molecule has 3 rings (SSSR count). The Morgan fingerprint density at radius 1 is 1.35 bits per heavy atom. The average Bonchev–Trinajstić information content (AvgIpc) is 3.31. The quantitative estimate of drug-likeness (QED) is 0.814. The first-order valence-electron chi connectivity index (χ1n) is 8.65. The Morgan fingerprint density at radius 3 is 2.48 bits per heavy atom. The van der Waals surface area contributed by atoms with Gasteiger partial charge in [0.1, 0.15) is 6.73 Å². The highest BCUT2D eigenvalue weighted by atomic mass is 79.9. The number of hydrogen-bond acceptors (Lipinski definition) is 3. The number of ether oxygens (including phenoxy) is 1. The third-order valence-electron chi connectivity index (χ3n) is 5.29. The minimum absolute atomic E-state index is 0.117. The maximum absolute atomic E-state index is 10.3. The van der Waals surface area contributed by atoms with Crippen molar-refractivity contribution in [1.29, 1.82) is 0 Å². The van der Waals surface area contributed by atoms with E-state index in [4.69, 9.17) is 4.74 Å². The van der Waals surface area contributed by atoms with Gasteiger partial charge in [-0.3, -0.25) is 4.90 Å². The van der Waals surface area contributed by atoms with Crippen molar-refractivity contribution in [3.63, 3.8) is 0 Å². The fraction of sp³-hybridized carbons (Fsp3) is 0.684. The summed E-state index contributed by atoms with van der Waals surface area (Å²) in [5.74, 6) is 0.638. The molecule has 1 N–H and O–H groups in total. The first-order valence-corrected chi connectivity index (χ1v) is 9.44. The van der Waals surface area contributed by atoms with E-state index in [0.717, 1.165) is 23.9 Å². The third-order valence-corrected chi connectivity index (χ3v) is 5.82. The highest BCUT2D eigenvalue weighted by Gasteiger charge is 2.50. The van der Waals surface area contributed by atoms with Crippen molar-refractivity contribution in [3.05, 3.63) is 34.3 Å². The Bertz CT molecular complexity index is 525. The van der Waals surface area contributed by atoms with E-state index >= 15 is 0 Å². The number of benzene rings is 1. The highest BCUT2D eigenvalue weighted by molar-refractivity contribution is 9.10. The van der Waals surface area contributed by atoms with Crippen LogP contribution < -0.4 is 0 Å². The van der Waals surface area contributed by atoms with Crippen LogP contribution in [0, 0.1) is 5.92 Å². The smallest absolute Gasteiger partial charge is 0.100 e. The van der Waals surface area contributed by atoms with Crippen molar-refractivity contribution < 1.29 is 9.84 Å². The molecule has 1 aliphatic heterocycles. The lowest BCUT2D eigenvalue weighted by Gasteiger charge is -2.46. The van der Waals surface area contributed by atoms with Crippen LogP contribution in [0.2, 0.25) is 0 Å². The minimum Gasteiger partial charge on any atom is -0.390 e. The van der Waals surface area contributed by atoms with Gasteiger partial charge >= 0.3 is 0 Å². The summed E-state index contributed by atoms with van der Waals surface area (Å²) < 4.78 is 7.51. The standard InChI is InChI=1S/C19H28BrNO2/c1-14(15-4-8-17(20)9-5-15)21-11-10-19(23-13-21,16-6-7-16)12-18(2,3)22/h4-5,8-9,14,16,22H,6-7,10-13H2,1-3H3/t14-,19?/m0/s1. The van der Waals surface area contributed by atoms with Gasteiger partial charge in [-0.25, -0.2) is 0 Å². The molecule has 2 aliphatic rings. The highest BCUT2D eigenvalue weighted by Crippen LogP contribution is 2.49. The fourth-order valence-corrected chi connectivity index (χ4v) is 4.15. The predicted molar refractivity (Wildman–Crippen MR) is 96.2 cm³/mol. The lowest BCUT2D eigenvalue weighted by atomic mass is 9.81. The Balaban J connectivity index is 1.65. The van der Waals surface area contributed by atoms with Crippen molar-refractivity contribution >= 4 is 15.9 Å². The molecule has 0 radical (unpaired) electrons. The van der Waals surface area contributed by atoms with Crippen LogP contribution in [-0.2, 0) is 4.74 Å². The van der Waals surface area contributed by atoms with Gasteiger partial charge in [0.15, 0.2) is 0 Å². The molecule has 2 atom stereocenters. The second-order valence-corrected chi connectivity index (χ2v) is 8.81. The molecule has 4 heteroatoms. The summed E-state index contributed by atoms with van der Waals surface area (Å²) in [6.07, 6.45) is 4.25. The van der Waals surface area contributed by atoms with Crippen molar-refractivity contribution in [2.24, 2.45) is 5.92 Å². The zero-order valence-electron chi connectivity index (χ0n) is 14.4. The van der Waals surface area contributed by atoms with Crippen LogP contribution in [0.25, 0.3) is 0 Å². The second-order valence-electron chi connectivity index (χ2n) is 7.89. The molecular weight excluding hydrogens is 354 g/mol. The van der Waals surface area contributed by atoms with Gasteiger partial charge in [0, 0.05) is 23.5 Å². The Kier molecular flexibility index (Phi) is 4.90. The normalized spacial score (nSPS) is 27.9. The minimum atomic E-state index is -0.665. The molecule has 1 aromatic rings. The molecule has 1 heterocycles. The van der Waals surface area contributed by atoms with Gasteiger partial charge in [-0.05, 0) is 63.6 Å². The molecule has 3 nitrogen and oxygen atoms in total. The molecular formula is C19H28BrNO2. The van der Waals surface area contributed by atoms with Crippen LogP contribution in [0.1, 0.15) is 58.1 Å². The van der Waals surface area contributed by atoms with Crippen LogP contribution in [-0.4, -0.2) is 34.5 Å². The first-order chi connectivity index (χ1) is 10.8. The number of aliphatic hydroxyl groups is 1. The molecule has 1 aromatic carbocycles. The molecule has 1 aliphatic carbocycles. The van der Waals surface area contributed by atoms with Crippen LogP contribution >= 0.6 is 15.9 Å². The van der Waals surface area contributed by atoms with Gasteiger partial charge in [0.2, 0.25) is 0 Å². The number of nitrogens with zero attached hydrogens (tertiary/aromatic N) is 1.